The fourth-order valence-electron chi connectivity index (χ4n) is 4.44. The molecule has 0 spiro atoms. The molecule has 1 aliphatic rings. The SMILES string of the molecule is CCOc1ccc(/C(O)=C2\C(=O)C(=O)N(Cc3ccccc3OC)C2c2ccc(OC(C)C)cc2)cc1. The van der Waals surface area contributed by atoms with Crippen LogP contribution >= 0.6 is 0 Å². The second-order valence-corrected chi connectivity index (χ2v) is 8.93. The lowest BCUT2D eigenvalue weighted by Crippen LogP contribution is -2.29. The predicted octanol–water partition coefficient (Wildman–Crippen LogP) is 5.50. The first-order chi connectivity index (χ1) is 17.8. The minimum atomic E-state index is -0.801. The quantitative estimate of drug-likeness (QED) is 0.237. The zero-order valence-corrected chi connectivity index (χ0v) is 21.4. The van der Waals surface area contributed by atoms with E-state index in [2.05, 4.69) is 0 Å². The van der Waals surface area contributed by atoms with Gasteiger partial charge in [-0.3, -0.25) is 9.59 Å². The molecule has 1 amide bonds. The third-order valence-electron chi connectivity index (χ3n) is 6.08. The zero-order chi connectivity index (χ0) is 26.5. The molecule has 0 saturated carbocycles. The highest BCUT2D eigenvalue weighted by Crippen LogP contribution is 2.41. The average molecular weight is 502 g/mol. The zero-order valence-electron chi connectivity index (χ0n) is 21.4. The van der Waals surface area contributed by atoms with Gasteiger partial charge in [0.05, 0.1) is 38.0 Å². The summed E-state index contributed by atoms with van der Waals surface area (Å²) in [5.74, 6) is 0.256. The maximum absolute atomic E-state index is 13.4. The van der Waals surface area contributed by atoms with Crippen molar-refractivity contribution < 1.29 is 28.9 Å². The highest BCUT2D eigenvalue weighted by Gasteiger charge is 2.46. The Balaban J connectivity index is 1.81. The molecule has 1 N–H and O–H groups in total. The molecule has 37 heavy (non-hydrogen) atoms. The van der Waals surface area contributed by atoms with Crippen LogP contribution < -0.4 is 14.2 Å². The van der Waals surface area contributed by atoms with Gasteiger partial charge in [0.15, 0.2) is 0 Å². The average Bonchev–Trinajstić information content (AvgIpc) is 3.14. The molecule has 1 heterocycles. The molecule has 7 heteroatoms. The van der Waals surface area contributed by atoms with Gasteiger partial charge in [0.2, 0.25) is 0 Å². The highest BCUT2D eigenvalue weighted by molar-refractivity contribution is 6.46. The molecule has 0 bridgehead atoms. The van der Waals surface area contributed by atoms with Crippen molar-refractivity contribution in [3.05, 3.63) is 95.1 Å². The number of nitrogens with zero attached hydrogens (tertiary/aromatic N) is 1. The minimum Gasteiger partial charge on any atom is -0.507 e. The summed E-state index contributed by atoms with van der Waals surface area (Å²) in [6.45, 7) is 6.40. The summed E-state index contributed by atoms with van der Waals surface area (Å²) in [6.07, 6.45) is 0.00157. The molecule has 1 aliphatic heterocycles. The summed E-state index contributed by atoms with van der Waals surface area (Å²) in [4.78, 5) is 28.2. The van der Waals surface area contributed by atoms with Gasteiger partial charge in [-0.15, -0.1) is 0 Å². The molecule has 0 aliphatic carbocycles. The highest BCUT2D eigenvalue weighted by atomic mass is 16.5. The number of amides is 1. The van der Waals surface area contributed by atoms with Gasteiger partial charge < -0.3 is 24.2 Å². The normalized spacial score (nSPS) is 16.8. The number of hydrogen-bond donors (Lipinski definition) is 1. The Labute approximate surface area is 216 Å². The smallest absolute Gasteiger partial charge is 0.295 e. The van der Waals surface area contributed by atoms with E-state index in [0.717, 1.165) is 5.56 Å². The van der Waals surface area contributed by atoms with Crippen molar-refractivity contribution in [1.29, 1.82) is 0 Å². The molecule has 1 saturated heterocycles. The number of likely N-dealkylation sites (tertiary alicyclic amines) is 1. The van der Waals surface area contributed by atoms with E-state index >= 15 is 0 Å². The maximum atomic E-state index is 13.4. The molecular formula is C30H31NO6. The topological polar surface area (TPSA) is 85.3 Å². The van der Waals surface area contributed by atoms with Crippen molar-refractivity contribution in [3.63, 3.8) is 0 Å². The van der Waals surface area contributed by atoms with Crippen LogP contribution in [0.25, 0.3) is 5.76 Å². The van der Waals surface area contributed by atoms with Gasteiger partial charge in [-0.05, 0) is 68.8 Å². The van der Waals surface area contributed by atoms with Crippen LogP contribution in [0, 0.1) is 0 Å². The Kier molecular flexibility index (Phi) is 7.82. The van der Waals surface area contributed by atoms with Gasteiger partial charge in [-0.2, -0.15) is 0 Å². The molecule has 0 radical (unpaired) electrons. The summed E-state index contributed by atoms with van der Waals surface area (Å²) in [7, 11) is 1.56. The summed E-state index contributed by atoms with van der Waals surface area (Å²) in [6, 6.07) is 20.6. The number of aliphatic hydroxyl groups is 1. The summed E-state index contributed by atoms with van der Waals surface area (Å²) >= 11 is 0. The minimum absolute atomic E-state index is 0.00157. The van der Waals surface area contributed by atoms with E-state index in [4.69, 9.17) is 14.2 Å². The first-order valence-electron chi connectivity index (χ1n) is 12.2. The molecule has 0 aromatic heterocycles. The first kappa shape index (κ1) is 25.8. The largest absolute Gasteiger partial charge is 0.507 e. The number of para-hydroxylation sites is 1. The van der Waals surface area contributed by atoms with Crippen LogP contribution in [0.5, 0.6) is 17.2 Å². The molecule has 1 unspecified atom stereocenters. The number of hydrogen-bond acceptors (Lipinski definition) is 6. The van der Waals surface area contributed by atoms with Gasteiger partial charge in [0.25, 0.3) is 11.7 Å². The Morgan fingerprint density at radius 3 is 2.22 bits per heavy atom. The standard InChI is InChI=1S/C30H31NO6/c1-5-36-23-14-12-21(13-15-23)28(32)26-27(20-10-16-24(17-11-20)37-19(2)3)31(30(34)29(26)33)18-22-8-6-7-9-25(22)35-4/h6-17,19,27,32H,5,18H2,1-4H3/b28-26+. The number of rotatable bonds is 9. The van der Waals surface area contributed by atoms with Crippen molar-refractivity contribution >= 4 is 17.4 Å². The molecular weight excluding hydrogens is 470 g/mol. The number of carbonyl (C=O) groups excluding carboxylic acids is 2. The van der Waals surface area contributed by atoms with Crippen LogP contribution in [-0.4, -0.2) is 41.5 Å². The van der Waals surface area contributed by atoms with Gasteiger partial charge in [0, 0.05) is 11.1 Å². The molecule has 4 rings (SSSR count). The molecule has 3 aromatic carbocycles. The van der Waals surface area contributed by atoms with Crippen LogP contribution in [-0.2, 0) is 16.1 Å². The lowest BCUT2D eigenvalue weighted by atomic mass is 9.95. The predicted molar refractivity (Wildman–Crippen MR) is 141 cm³/mol. The van der Waals surface area contributed by atoms with E-state index in [0.29, 0.717) is 35.0 Å². The van der Waals surface area contributed by atoms with E-state index in [-0.39, 0.29) is 24.0 Å². The van der Waals surface area contributed by atoms with Crippen LogP contribution in [0.4, 0.5) is 0 Å². The molecule has 1 atom stereocenters. The molecule has 1 fully saturated rings. The summed E-state index contributed by atoms with van der Waals surface area (Å²) in [5.41, 5.74) is 1.88. The molecule has 7 nitrogen and oxygen atoms in total. The second kappa shape index (κ2) is 11.2. The van der Waals surface area contributed by atoms with Gasteiger partial charge >= 0.3 is 0 Å². The Morgan fingerprint density at radius 2 is 1.59 bits per heavy atom. The number of Topliss-reactive ketones (excluding diaryl/α,β-unsaturated/α-hetero) is 1. The van der Waals surface area contributed by atoms with Gasteiger partial charge in [-0.25, -0.2) is 0 Å². The second-order valence-electron chi connectivity index (χ2n) is 8.93. The summed E-state index contributed by atoms with van der Waals surface area (Å²) < 4.78 is 16.7. The Hall–Kier alpha value is -4.26. The van der Waals surface area contributed by atoms with Crippen molar-refractivity contribution in [2.45, 2.75) is 39.5 Å². The summed E-state index contributed by atoms with van der Waals surface area (Å²) in [5, 5.41) is 11.3. The van der Waals surface area contributed by atoms with Crippen molar-refractivity contribution in [2.75, 3.05) is 13.7 Å². The maximum Gasteiger partial charge on any atom is 0.295 e. The number of ether oxygens (including phenoxy) is 3. The fraction of sp³-hybridized carbons (Fsp3) is 0.267. The number of methoxy groups -OCH3 is 1. The number of aliphatic hydroxyl groups excluding tert-OH is 1. The first-order valence-corrected chi connectivity index (χ1v) is 12.2. The van der Waals surface area contributed by atoms with Crippen LogP contribution in [0.3, 0.4) is 0 Å². The van der Waals surface area contributed by atoms with E-state index in [1.807, 2.05) is 51.1 Å². The van der Waals surface area contributed by atoms with E-state index in [1.54, 1.807) is 49.6 Å². The number of carbonyl (C=O) groups is 2. The van der Waals surface area contributed by atoms with Crippen LogP contribution in [0.1, 0.15) is 43.5 Å². The van der Waals surface area contributed by atoms with Gasteiger partial charge in [-0.1, -0.05) is 30.3 Å². The van der Waals surface area contributed by atoms with Crippen molar-refractivity contribution in [1.82, 2.24) is 4.90 Å². The Morgan fingerprint density at radius 1 is 0.946 bits per heavy atom. The van der Waals surface area contributed by atoms with Crippen molar-refractivity contribution in [3.8, 4) is 17.2 Å². The third kappa shape index (κ3) is 5.45. The van der Waals surface area contributed by atoms with E-state index in [1.165, 1.54) is 4.90 Å². The lowest BCUT2D eigenvalue weighted by Gasteiger charge is -2.26. The van der Waals surface area contributed by atoms with Crippen molar-refractivity contribution in [2.24, 2.45) is 0 Å². The van der Waals surface area contributed by atoms with Crippen LogP contribution in [0.15, 0.2) is 78.4 Å². The van der Waals surface area contributed by atoms with E-state index < -0.39 is 17.7 Å². The monoisotopic (exact) mass is 501 g/mol. The molecule has 192 valence electrons. The van der Waals surface area contributed by atoms with Crippen LogP contribution in [0.2, 0.25) is 0 Å². The number of benzene rings is 3. The third-order valence-corrected chi connectivity index (χ3v) is 6.08. The molecule has 3 aromatic rings. The van der Waals surface area contributed by atoms with E-state index in [9.17, 15) is 14.7 Å². The fourth-order valence-corrected chi connectivity index (χ4v) is 4.44. The number of ketones is 1. The lowest BCUT2D eigenvalue weighted by molar-refractivity contribution is -0.140. The Bertz CT molecular complexity index is 1290. The van der Waals surface area contributed by atoms with Gasteiger partial charge in [0.1, 0.15) is 23.0 Å².